The first-order chi connectivity index (χ1) is 13.2. The lowest BCUT2D eigenvalue weighted by Crippen LogP contribution is -3.12. The Morgan fingerprint density at radius 2 is 1.85 bits per heavy atom. The number of fused-ring (bicyclic) bond motifs is 1. The number of carbonyl (C=O) groups is 1. The van der Waals surface area contributed by atoms with Gasteiger partial charge in [-0.1, -0.05) is 48.0 Å². The Hall–Kier alpha value is -2.56. The van der Waals surface area contributed by atoms with Crippen LogP contribution in [0.5, 0.6) is 0 Å². The lowest BCUT2D eigenvalue weighted by Gasteiger charge is -2.31. The zero-order valence-corrected chi connectivity index (χ0v) is 15.7. The molecule has 1 amide bonds. The minimum absolute atomic E-state index is 0.0554. The fourth-order valence-electron chi connectivity index (χ4n) is 3.77. The van der Waals surface area contributed by atoms with E-state index in [0.29, 0.717) is 17.1 Å². The smallest absolute Gasteiger partial charge is 0.253 e. The second-order valence-electron chi connectivity index (χ2n) is 6.86. The van der Waals surface area contributed by atoms with E-state index in [1.54, 1.807) is 18.4 Å². The lowest BCUT2D eigenvalue weighted by atomic mass is 9.98. The van der Waals surface area contributed by atoms with E-state index < -0.39 is 0 Å². The second-order valence-corrected chi connectivity index (χ2v) is 7.27. The van der Waals surface area contributed by atoms with Gasteiger partial charge in [-0.2, -0.15) is 0 Å². The van der Waals surface area contributed by atoms with E-state index in [-0.39, 0.29) is 11.9 Å². The largest absolute Gasteiger partial charge is 0.463 e. The molecule has 5 heteroatoms. The van der Waals surface area contributed by atoms with Crippen molar-refractivity contribution in [1.82, 2.24) is 5.32 Å². The van der Waals surface area contributed by atoms with Crippen LogP contribution in [0.1, 0.15) is 33.3 Å². The van der Waals surface area contributed by atoms with Gasteiger partial charge in [0, 0.05) is 12.0 Å². The van der Waals surface area contributed by atoms with Crippen molar-refractivity contribution in [2.75, 3.05) is 13.1 Å². The number of nitrogens with one attached hydrogen (secondary N) is 2. The van der Waals surface area contributed by atoms with E-state index >= 15 is 0 Å². The highest BCUT2D eigenvalue weighted by atomic mass is 35.5. The van der Waals surface area contributed by atoms with Crippen LogP contribution in [0, 0.1) is 0 Å². The highest BCUT2D eigenvalue weighted by Crippen LogP contribution is 2.17. The Morgan fingerprint density at radius 1 is 1.07 bits per heavy atom. The van der Waals surface area contributed by atoms with Crippen LogP contribution >= 0.6 is 11.6 Å². The fourth-order valence-corrected chi connectivity index (χ4v) is 3.99. The van der Waals surface area contributed by atoms with Gasteiger partial charge in [0.25, 0.3) is 5.91 Å². The van der Waals surface area contributed by atoms with Crippen molar-refractivity contribution in [3.05, 3.63) is 94.4 Å². The van der Waals surface area contributed by atoms with Crippen molar-refractivity contribution in [3.63, 3.8) is 0 Å². The molecule has 4 nitrogen and oxygen atoms in total. The average molecular weight is 382 g/mol. The van der Waals surface area contributed by atoms with Crippen LogP contribution in [-0.2, 0) is 13.0 Å². The van der Waals surface area contributed by atoms with Gasteiger partial charge in [-0.25, -0.2) is 0 Å². The van der Waals surface area contributed by atoms with Gasteiger partial charge in [-0.15, -0.1) is 0 Å². The van der Waals surface area contributed by atoms with E-state index in [2.05, 4.69) is 29.6 Å². The Labute approximate surface area is 163 Å². The molecule has 1 aliphatic heterocycles. The van der Waals surface area contributed by atoms with Crippen molar-refractivity contribution in [3.8, 4) is 0 Å². The fraction of sp³-hybridized carbons (Fsp3) is 0.227. The highest BCUT2D eigenvalue weighted by Gasteiger charge is 2.30. The van der Waals surface area contributed by atoms with Crippen molar-refractivity contribution in [1.29, 1.82) is 0 Å². The molecule has 0 radical (unpaired) electrons. The maximum Gasteiger partial charge on any atom is 0.253 e. The molecule has 2 N–H and O–H groups in total. The molecule has 27 heavy (non-hydrogen) atoms. The molecule has 0 aliphatic carbocycles. The van der Waals surface area contributed by atoms with Crippen LogP contribution in [-0.4, -0.2) is 19.0 Å². The van der Waals surface area contributed by atoms with Gasteiger partial charge in [0.15, 0.2) is 11.8 Å². The van der Waals surface area contributed by atoms with Crippen LogP contribution in [0.4, 0.5) is 0 Å². The zero-order chi connectivity index (χ0) is 18.6. The van der Waals surface area contributed by atoms with Gasteiger partial charge >= 0.3 is 0 Å². The number of carbonyl (C=O) groups excluding carboxylic acids is 1. The van der Waals surface area contributed by atoms with Gasteiger partial charge in [0.05, 0.1) is 29.9 Å². The second kappa shape index (κ2) is 7.99. The lowest BCUT2D eigenvalue weighted by molar-refractivity contribution is -0.946. The molecule has 1 unspecified atom stereocenters. The summed E-state index contributed by atoms with van der Waals surface area (Å²) in [5, 5.41) is 3.51. The predicted molar refractivity (Wildman–Crippen MR) is 105 cm³/mol. The molecular weight excluding hydrogens is 360 g/mol. The van der Waals surface area contributed by atoms with Crippen LogP contribution in [0.15, 0.2) is 71.3 Å². The van der Waals surface area contributed by atoms with Crippen molar-refractivity contribution >= 4 is 17.5 Å². The summed E-state index contributed by atoms with van der Waals surface area (Å²) < 4.78 is 5.70. The SMILES string of the molecule is O=C(NC[C@@H](c1ccco1)[NH+]1CCc2ccccc2C1)c1ccccc1Cl. The number of benzene rings is 2. The Balaban J connectivity index is 1.51. The molecule has 2 aromatic carbocycles. The Morgan fingerprint density at radius 3 is 2.63 bits per heavy atom. The molecule has 3 aromatic rings. The van der Waals surface area contributed by atoms with Crippen LogP contribution in [0.2, 0.25) is 5.02 Å². The Kier molecular flexibility index (Phi) is 5.28. The normalized spacial score (nSPS) is 17.1. The van der Waals surface area contributed by atoms with E-state index in [1.165, 1.54) is 16.0 Å². The number of furan rings is 1. The summed E-state index contributed by atoms with van der Waals surface area (Å²) in [7, 11) is 0. The molecule has 0 fully saturated rings. The molecule has 2 heterocycles. The van der Waals surface area contributed by atoms with Crippen LogP contribution in [0.3, 0.4) is 0 Å². The quantitative estimate of drug-likeness (QED) is 0.713. The standard InChI is InChI=1S/C22H21ClN2O2/c23-19-9-4-3-8-18(19)22(26)24-14-20(21-10-5-13-27-21)25-12-11-16-6-1-2-7-17(16)15-25/h1-10,13,20H,11-12,14-15H2,(H,24,26)/p+1/t20-/m0/s1. The number of hydrogen-bond acceptors (Lipinski definition) is 2. The van der Waals surface area contributed by atoms with Gasteiger partial charge in [-0.3, -0.25) is 4.79 Å². The summed E-state index contributed by atoms with van der Waals surface area (Å²) >= 11 is 6.15. The van der Waals surface area contributed by atoms with Gasteiger partial charge in [0.2, 0.25) is 0 Å². The molecule has 4 rings (SSSR count). The summed E-state index contributed by atoms with van der Waals surface area (Å²) in [5.74, 6) is 0.734. The molecule has 0 bridgehead atoms. The third kappa shape index (κ3) is 3.92. The first-order valence-electron chi connectivity index (χ1n) is 9.20. The van der Waals surface area contributed by atoms with E-state index in [4.69, 9.17) is 16.0 Å². The molecule has 0 spiro atoms. The molecular formula is C22H22ClN2O2+. The molecule has 0 saturated heterocycles. The van der Waals surface area contributed by atoms with Crippen LogP contribution in [0.25, 0.3) is 0 Å². The number of quaternary nitrogens is 1. The summed E-state index contributed by atoms with van der Waals surface area (Å²) in [4.78, 5) is 14.0. The topological polar surface area (TPSA) is 46.7 Å². The molecule has 1 aromatic heterocycles. The average Bonchev–Trinajstić information content (AvgIpc) is 3.23. The minimum Gasteiger partial charge on any atom is -0.463 e. The van der Waals surface area contributed by atoms with E-state index in [1.807, 2.05) is 24.3 Å². The molecule has 138 valence electrons. The van der Waals surface area contributed by atoms with Crippen molar-refractivity contribution < 1.29 is 14.1 Å². The van der Waals surface area contributed by atoms with Crippen molar-refractivity contribution in [2.45, 2.75) is 19.0 Å². The van der Waals surface area contributed by atoms with Crippen LogP contribution < -0.4 is 10.2 Å². The highest BCUT2D eigenvalue weighted by molar-refractivity contribution is 6.33. The maximum absolute atomic E-state index is 12.6. The summed E-state index contributed by atoms with van der Waals surface area (Å²) in [6.07, 6.45) is 2.72. The van der Waals surface area contributed by atoms with Gasteiger partial charge in [-0.05, 0) is 29.8 Å². The number of rotatable bonds is 5. The van der Waals surface area contributed by atoms with Gasteiger partial charge < -0.3 is 14.6 Å². The first kappa shape index (κ1) is 17.8. The number of hydrogen-bond donors (Lipinski definition) is 2. The number of halogens is 1. The number of amides is 1. The predicted octanol–water partition coefficient (Wildman–Crippen LogP) is 3.05. The summed E-state index contributed by atoms with van der Waals surface area (Å²) in [6, 6.07) is 19.6. The van der Waals surface area contributed by atoms with Gasteiger partial charge in [0.1, 0.15) is 6.54 Å². The minimum atomic E-state index is -0.158. The van der Waals surface area contributed by atoms with Crippen molar-refractivity contribution in [2.24, 2.45) is 0 Å². The van der Waals surface area contributed by atoms with E-state index in [9.17, 15) is 4.79 Å². The summed E-state index contributed by atoms with van der Waals surface area (Å²) in [6.45, 7) is 2.42. The molecule has 0 saturated carbocycles. The zero-order valence-electron chi connectivity index (χ0n) is 15.0. The summed E-state index contributed by atoms with van der Waals surface area (Å²) in [5.41, 5.74) is 3.28. The van der Waals surface area contributed by atoms with E-state index in [0.717, 1.165) is 25.3 Å². The third-order valence-corrected chi connectivity index (χ3v) is 5.55. The third-order valence-electron chi connectivity index (χ3n) is 5.22. The Bertz CT molecular complexity index is 924. The monoisotopic (exact) mass is 381 g/mol. The maximum atomic E-state index is 12.6. The first-order valence-corrected chi connectivity index (χ1v) is 9.57. The molecule has 2 atom stereocenters. The molecule has 1 aliphatic rings.